The van der Waals surface area contributed by atoms with Crippen molar-refractivity contribution >= 4 is 21.6 Å². The third kappa shape index (κ3) is 2.43. The number of anilines is 1. The first-order chi connectivity index (χ1) is 10.3. The van der Waals surface area contributed by atoms with Crippen molar-refractivity contribution in [2.45, 2.75) is 24.3 Å². The Hall–Kier alpha value is -1.44. The molecule has 0 bridgehead atoms. The van der Waals surface area contributed by atoms with Gasteiger partial charge in [-0.25, -0.2) is 8.42 Å². The van der Waals surface area contributed by atoms with Crippen molar-refractivity contribution in [3.05, 3.63) is 23.8 Å². The average molecular weight is 323 g/mol. The van der Waals surface area contributed by atoms with Gasteiger partial charge in [-0.05, 0) is 37.7 Å². The number of carbonyl (C=O) groups excluding carboxylic acids is 1. The molecule has 120 valence electrons. The van der Waals surface area contributed by atoms with Gasteiger partial charge in [-0.3, -0.25) is 4.79 Å². The van der Waals surface area contributed by atoms with Crippen LogP contribution in [0.25, 0.3) is 0 Å². The summed E-state index contributed by atoms with van der Waals surface area (Å²) in [6, 6.07) is 5.18. The van der Waals surface area contributed by atoms with Crippen molar-refractivity contribution in [3.8, 4) is 0 Å². The molecule has 1 saturated heterocycles. The van der Waals surface area contributed by atoms with Gasteiger partial charge < -0.3 is 9.80 Å². The summed E-state index contributed by atoms with van der Waals surface area (Å²) in [6.07, 6.45) is 0.272. The van der Waals surface area contributed by atoms with E-state index >= 15 is 0 Å². The number of nitrogens with zero attached hydrogens (tertiary/aromatic N) is 3. The third-order valence-corrected chi connectivity index (χ3v) is 6.55. The number of sulfonamides is 1. The predicted octanol–water partition coefficient (Wildman–Crippen LogP) is 0.530. The third-order valence-electron chi connectivity index (χ3n) is 4.69. The molecule has 2 heterocycles. The molecule has 1 atom stereocenters. The summed E-state index contributed by atoms with van der Waals surface area (Å²) in [5.41, 5.74) is 1.59. The quantitative estimate of drug-likeness (QED) is 0.796. The van der Waals surface area contributed by atoms with E-state index in [4.69, 9.17) is 0 Å². The van der Waals surface area contributed by atoms with E-state index in [1.54, 1.807) is 34.5 Å². The molecule has 22 heavy (non-hydrogen) atoms. The van der Waals surface area contributed by atoms with Crippen LogP contribution in [-0.4, -0.2) is 63.3 Å². The van der Waals surface area contributed by atoms with Crippen LogP contribution in [0.1, 0.15) is 12.5 Å². The van der Waals surface area contributed by atoms with Gasteiger partial charge in [0.2, 0.25) is 15.9 Å². The second-order valence-corrected chi connectivity index (χ2v) is 8.05. The maximum Gasteiger partial charge on any atom is 0.243 e. The summed E-state index contributed by atoms with van der Waals surface area (Å²) in [5.74, 6) is -0.00207. The normalized spacial score (nSPS) is 23.9. The summed E-state index contributed by atoms with van der Waals surface area (Å²) >= 11 is 0. The topological polar surface area (TPSA) is 60.9 Å². The fourth-order valence-electron chi connectivity index (χ4n) is 2.99. The highest BCUT2D eigenvalue weighted by Gasteiger charge is 2.32. The van der Waals surface area contributed by atoms with Crippen LogP contribution >= 0.6 is 0 Å². The molecule has 3 rings (SSSR count). The highest BCUT2D eigenvalue weighted by Crippen LogP contribution is 2.31. The molecule has 0 aliphatic carbocycles. The van der Waals surface area contributed by atoms with Crippen LogP contribution in [-0.2, 0) is 21.2 Å². The van der Waals surface area contributed by atoms with Crippen LogP contribution in [0.5, 0.6) is 0 Å². The number of piperazine rings is 1. The van der Waals surface area contributed by atoms with Crippen LogP contribution in [0.2, 0.25) is 0 Å². The minimum Gasteiger partial charge on any atom is -0.315 e. The Morgan fingerprint density at radius 3 is 2.59 bits per heavy atom. The van der Waals surface area contributed by atoms with Gasteiger partial charge >= 0.3 is 0 Å². The Bertz CT molecular complexity index is 717. The Labute approximate surface area is 131 Å². The summed E-state index contributed by atoms with van der Waals surface area (Å²) in [4.78, 5) is 15.7. The second-order valence-electron chi connectivity index (χ2n) is 6.11. The van der Waals surface area contributed by atoms with Gasteiger partial charge in [0.15, 0.2) is 0 Å². The number of likely N-dealkylation sites (N-methyl/N-ethyl adjacent to an activating group) is 2. The Balaban J connectivity index is 1.91. The first kappa shape index (κ1) is 15.5. The van der Waals surface area contributed by atoms with Crippen LogP contribution in [0.15, 0.2) is 23.1 Å². The summed E-state index contributed by atoms with van der Waals surface area (Å²) in [6.45, 7) is 3.75. The zero-order chi connectivity index (χ0) is 16.1. The molecule has 1 amide bonds. The summed E-state index contributed by atoms with van der Waals surface area (Å²) < 4.78 is 27.2. The zero-order valence-corrected chi connectivity index (χ0v) is 13.9. The average Bonchev–Trinajstić information content (AvgIpc) is 2.76. The Morgan fingerprint density at radius 2 is 1.91 bits per heavy atom. The van der Waals surface area contributed by atoms with E-state index in [2.05, 4.69) is 4.90 Å². The lowest BCUT2D eigenvalue weighted by Gasteiger charge is -2.36. The number of fused-ring (bicyclic) bond motifs is 1. The number of hydrogen-bond donors (Lipinski definition) is 0. The van der Waals surface area contributed by atoms with E-state index in [9.17, 15) is 13.2 Å². The maximum atomic E-state index is 12.8. The molecule has 1 unspecified atom stereocenters. The lowest BCUT2D eigenvalue weighted by atomic mass is 10.2. The van der Waals surface area contributed by atoms with Gasteiger partial charge in [0.05, 0.1) is 11.3 Å². The largest absolute Gasteiger partial charge is 0.315 e. The molecule has 7 heteroatoms. The molecule has 2 aliphatic rings. The van der Waals surface area contributed by atoms with Gasteiger partial charge in [0.1, 0.15) is 0 Å². The van der Waals surface area contributed by atoms with Gasteiger partial charge in [-0.15, -0.1) is 0 Å². The number of rotatable bonds is 2. The molecule has 6 nitrogen and oxygen atoms in total. The maximum absolute atomic E-state index is 12.8. The van der Waals surface area contributed by atoms with E-state index in [0.717, 1.165) is 17.8 Å². The predicted molar refractivity (Wildman–Crippen MR) is 84.4 cm³/mol. The standard InChI is InChI=1S/C15H21N3O3S/c1-11-10-18(7-6-16(11)2)22(20,21)13-4-5-14-12(8-13)9-15(19)17(14)3/h4-5,8,11H,6-7,9-10H2,1-3H3. The minimum atomic E-state index is -3.50. The number of benzene rings is 1. The van der Waals surface area contributed by atoms with Gasteiger partial charge in [0.25, 0.3) is 0 Å². The molecule has 2 aliphatic heterocycles. The fourth-order valence-corrected chi connectivity index (χ4v) is 4.55. The van der Waals surface area contributed by atoms with Crippen LogP contribution in [0.4, 0.5) is 5.69 Å². The molecule has 0 spiro atoms. The van der Waals surface area contributed by atoms with Crippen LogP contribution in [0, 0.1) is 0 Å². The minimum absolute atomic E-state index is 0.00207. The van der Waals surface area contributed by atoms with Crippen LogP contribution in [0.3, 0.4) is 0 Å². The molecule has 0 radical (unpaired) electrons. The highest BCUT2D eigenvalue weighted by molar-refractivity contribution is 7.89. The zero-order valence-electron chi connectivity index (χ0n) is 13.1. The smallest absolute Gasteiger partial charge is 0.243 e. The van der Waals surface area contributed by atoms with E-state index in [-0.39, 0.29) is 23.3 Å². The molecule has 0 saturated carbocycles. The Morgan fingerprint density at radius 1 is 1.18 bits per heavy atom. The van der Waals surface area contributed by atoms with Crippen molar-refractivity contribution in [2.75, 3.05) is 38.6 Å². The van der Waals surface area contributed by atoms with Crippen LogP contribution < -0.4 is 4.90 Å². The molecule has 0 aromatic heterocycles. The van der Waals surface area contributed by atoms with E-state index in [0.29, 0.717) is 13.1 Å². The SMILES string of the molecule is CC1CN(S(=O)(=O)c2ccc3c(c2)CC(=O)N3C)CCN1C. The van der Waals surface area contributed by atoms with Gasteiger partial charge in [0, 0.05) is 38.4 Å². The first-order valence-electron chi connectivity index (χ1n) is 7.40. The highest BCUT2D eigenvalue weighted by atomic mass is 32.2. The number of hydrogen-bond acceptors (Lipinski definition) is 4. The monoisotopic (exact) mass is 323 g/mol. The number of carbonyl (C=O) groups is 1. The van der Waals surface area contributed by atoms with Crippen molar-refractivity contribution in [1.82, 2.24) is 9.21 Å². The molecule has 0 N–H and O–H groups in total. The molecule has 1 fully saturated rings. The molecular formula is C15H21N3O3S. The lowest BCUT2D eigenvalue weighted by Crippen LogP contribution is -2.51. The number of amides is 1. The fraction of sp³-hybridized carbons (Fsp3) is 0.533. The lowest BCUT2D eigenvalue weighted by molar-refractivity contribution is -0.117. The van der Waals surface area contributed by atoms with Gasteiger partial charge in [-0.2, -0.15) is 4.31 Å². The summed E-state index contributed by atoms with van der Waals surface area (Å²) in [5, 5.41) is 0. The second kappa shape index (κ2) is 5.33. The first-order valence-corrected chi connectivity index (χ1v) is 8.84. The van der Waals surface area contributed by atoms with E-state index < -0.39 is 10.0 Å². The van der Waals surface area contributed by atoms with Crippen molar-refractivity contribution in [1.29, 1.82) is 0 Å². The molecular weight excluding hydrogens is 302 g/mol. The van der Waals surface area contributed by atoms with E-state index in [1.807, 2.05) is 14.0 Å². The van der Waals surface area contributed by atoms with E-state index in [1.165, 1.54) is 0 Å². The van der Waals surface area contributed by atoms with Gasteiger partial charge in [-0.1, -0.05) is 0 Å². The van der Waals surface area contributed by atoms with Crippen molar-refractivity contribution in [2.24, 2.45) is 0 Å². The Kier molecular flexibility index (Phi) is 3.74. The molecule has 1 aromatic carbocycles. The van der Waals surface area contributed by atoms with Crippen molar-refractivity contribution in [3.63, 3.8) is 0 Å². The van der Waals surface area contributed by atoms with Crippen molar-refractivity contribution < 1.29 is 13.2 Å². The molecule has 1 aromatic rings. The summed E-state index contributed by atoms with van der Waals surface area (Å²) in [7, 11) is 0.220.